The first-order valence-corrected chi connectivity index (χ1v) is 7.97. The zero-order valence-electron chi connectivity index (χ0n) is 13.1. The van der Waals surface area contributed by atoms with E-state index >= 15 is 0 Å². The van der Waals surface area contributed by atoms with Gasteiger partial charge in [0.1, 0.15) is 0 Å². The maximum atomic E-state index is 12.7. The smallest absolute Gasteiger partial charge is 0.229 e. The van der Waals surface area contributed by atoms with Crippen molar-refractivity contribution in [1.82, 2.24) is 4.90 Å². The molecular formula is C16H23Cl3N2O. The van der Waals surface area contributed by atoms with Crippen LogP contribution in [0.15, 0.2) is 18.2 Å². The molecule has 3 nitrogen and oxygen atoms in total. The van der Waals surface area contributed by atoms with Crippen LogP contribution in [0.2, 0.25) is 10.0 Å². The number of nitrogens with two attached hydrogens (primary N) is 1. The Balaban J connectivity index is 0.00000242. The Morgan fingerprint density at radius 1 is 1.36 bits per heavy atom. The molecule has 1 aromatic rings. The summed E-state index contributed by atoms with van der Waals surface area (Å²) >= 11 is 12.0. The molecule has 1 saturated heterocycles. The quantitative estimate of drug-likeness (QED) is 0.857. The normalized spacial score (nSPS) is 21.9. The number of halogens is 3. The van der Waals surface area contributed by atoms with E-state index in [9.17, 15) is 4.79 Å². The predicted molar refractivity (Wildman–Crippen MR) is 95.1 cm³/mol. The molecule has 1 fully saturated rings. The van der Waals surface area contributed by atoms with E-state index in [1.54, 1.807) is 12.1 Å². The standard InChI is InChI=1S/C16H22Cl2N2O.ClH/c1-10(11-4-5-12(17)13(18)8-11)15(21)20-7-6-14(19)16(2,3)9-20;/h4-5,8,10,14H,6-7,9,19H2,1-3H3;1H. The van der Waals surface area contributed by atoms with Gasteiger partial charge in [0.2, 0.25) is 5.91 Å². The number of carbonyl (C=O) groups excluding carboxylic acids is 1. The molecular weight excluding hydrogens is 343 g/mol. The fraction of sp³-hybridized carbons (Fsp3) is 0.562. The molecule has 1 aromatic carbocycles. The van der Waals surface area contributed by atoms with Gasteiger partial charge in [0.05, 0.1) is 16.0 Å². The van der Waals surface area contributed by atoms with Crippen LogP contribution >= 0.6 is 35.6 Å². The predicted octanol–water partition coefficient (Wildman–Crippen LogP) is 4.10. The molecule has 2 rings (SSSR count). The summed E-state index contributed by atoms with van der Waals surface area (Å²) in [4.78, 5) is 14.6. The summed E-state index contributed by atoms with van der Waals surface area (Å²) in [7, 11) is 0. The van der Waals surface area contributed by atoms with Crippen LogP contribution in [0.4, 0.5) is 0 Å². The molecule has 2 unspecified atom stereocenters. The molecule has 0 spiro atoms. The number of hydrogen-bond acceptors (Lipinski definition) is 2. The monoisotopic (exact) mass is 364 g/mol. The molecule has 0 saturated carbocycles. The van der Waals surface area contributed by atoms with Crippen molar-refractivity contribution < 1.29 is 4.79 Å². The van der Waals surface area contributed by atoms with Gasteiger partial charge in [-0.3, -0.25) is 4.79 Å². The molecule has 0 bridgehead atoms. The van der Waals surface area contributed by atoms with Crippen LogP contribution in [0.5, 0.6) is 0 Å². The third-order valence-corrected chi connectivity index (χ3v) is 5.18. The largest absolute Gasteiger partial charge is 0.342 e. The van der Waals surface area contributed by atoms with Crippen LogP contribution in [0, 0.1) is 5.41 Å². The van der Waals surface area contributed by atoms with Crippen molar-refractivity contribution in [2.75, 3.05) is 13.1 Å². The highest BCUT2D eigenvalue weighted by atomic mass is 35.5. The van der Waals surface area contributed by atoms with E-state index in [-0.39, 0.29) is 35.7 Å². The average molecular weight is 366 g/mol. The average Bonchev–Trinajstić information content (AvgIpc) is 2.43. The molecule has 1 aliphatic rings. The van der Waals surface area contributed by atoms with Crippen molar-refractivity contribution in [3.63, 3.8) is 0 Å². The lowest BCUT2D eigenvalue weighted by molar-refractivity contribution is -0.135. The minimum Gasteiger partial charge on any atom is -0.342 e. The highest BCUT2D eigenvalue weighted by molar-refractivity contribution is 6.42. The number of benzene rings is 1. The summed E-state index contributed by atoms with van der Waals surface area (Å²) in [5.74, 6) is -0.113. The highest BCUT2D eigenvalue weighted by Crippen LogP contribution is 2.31. The summed E-state index contributed by atoms with van der Waals surface area (Å²) in [5, 5.41) is 0.986. The van der Waals surface area contributed by atoms with Crippen LogP contribution in [0.3, 0.4) is 0 Å². The number of likely N-dealkylation sites (tertiary alicyclic amines) is 1. The highest BCUT2D eigenvalue weighted by Gasteiger charge is 2.36. The summed E-state index contributed by atoms with van der Waals surface area (Å²) in [6.07, 6.45) is 0.840. The lowest BCUT2D eigenvalue weighted by Gasteiger charge is -2.43. The van der Waals surface area contributed by atoms with E-state index in [4.69, 9.17) is 28.9 Å². The Labute approximate surface area is 148 Å². The number of hydrogen-bond donors (Lipinski definition) is 1. The van der Waals surface area contributed by atoms with Gasteiger partial charge < -0.3 is 10.6 Å². The molecule has 0 aromatic heterocycles. The number of amides is 1. The fourth-order valence-corrected chi connectivity index (χ4v) is 3.07. The first-order valence-electron chi connectivity index (χ1n) is 7.21. The number of piperidine rings is 1. The van der Waals surface area contributed by atoms with Gasteiger partial charge in [0.25, 0.3) is 0 Å². The van der Waals surface area contributed by atoms with Crippen molar-refractivity contribution in [3.05, 3.63) is 33.8 Å². The Morgan fingerprint density at radius 3 is 2.55 bits per heavy atom. The molecule has 0 aliphatic carbocycles. The van der Waals surface area contributed by atoms with Crippen molar-refractivity contribution in [3.8, 4) is 0 Å². The summed E-state index contributed by atoms with van der Waals surface area (Å²) in [6, 6.07) is 5.51. The van der Waals surface area contributed by atoms with E-state index in [0.29, 0.717) is 16.6 Å². The third-order valence-electron chi connectivity index (χ3n) is 4.44. The van der Waals surface area contributed by atoms with E-state index < -0.39 is 0 Å². The molecule has 2 atom stereocenters. The Bertz CT molecular complexity index is 548. The second-order valence-corrected chi connectivity index (χ2v) is 7.35. The van der Waals surface area contributed by atoms with E-state index in [1.165, 1.54) is 0 Å². The van der Waals surface area contributed by atoms with Crippen molar-refractivity contribution in [2.45, 2.75) is 39.2 Å². The van der Waals surface area contributed by atoms with Gasteiger partial charge in [0.15, 0.2) is 0 Å². The van der Waals surface area contributed by atoms with E-state index in [1.807, 2.05) is 17.9 Å². The first kappa shape index (κ1) is 19.6. The number of carbonyl (C=O) groups is 1. The molecule has 22 heavy (non-hydrogen) atoms. The fourth-order valence-electron chi connectivity index (χ4n) is 2.76. The number of nitrogens with zero attached hydrogens (tertiary/aromatic N) is 1. The maximum absolute atomic E-state index is 12.7. The molecule has 1 heterocycles. The molecule has 1 aliphatic heterocycles. The van der Waals surface area contributed by atoms with E-state index in [0.717, 1.165) is 18.5 Å². The van der Waals surface area contributed by atoms with Gasteiger partial charge in [-0.1, -0.05) is 43.1 Å². The van der Waals surface area contributed by atoms with Crippen LogP contribution in [0.1, 0.15) is 38.7 Å². The minimum atomic E-state index is -0.232. The van der Waals surface area contributed by atoms with Gasteiger partial charge >= 0.3 is 0 Å². The zero-order chi connectivity index (χ0) is 15.8. The van der Waals surface area contributed by atoms with Gasteiger partial charge in [-0.05, 0) is 36.5 Å². The molecule has 2 N–H and O–H groups in total. The topological polar surface area (TPSA) is 46.3 Å². The lowest BCUT2D eigenvalue weighted by Crippen LogP contribution is -2.54. The summed E-state index contributed by atoms with van der Waals surface area (Å²) < 4.78 is 0. The lowest BCUT2D eigenvalue weighted by atomic mass is 9.79. The van der Waals surface area contributed by atoms with Crippen molar-refractivity contribution in [1.29, 1.82) is 0 Å². The minimum absolute atomic E-state index is 0. The van der Waals surface area contributed by atoms with Gasteiger partial charge in [-0.2, -0.15) is 0 Å². The third kappa shape index (κ3) is 4.08. The van der Waals surface area contributed by atoms with Crippen LogP contribution < -0.4 is 5.73 Å². The molecule has 6 heteroatoms. The number of rotatable bonds is 2. The van der Waals surface area contributed by atoms with Gasteiger partial charge in [-0.25, -0.2) is 0 Å². The Hall–Kier alpha value is -0.480. The Kier molecular flexibility index (Phi) is 6.58. The molecule has 124 valence electrons. The van der Waals surface area contributed by atoms with Gasteiger partial charge in [-0.15, -0.1) is 12.4 Å². The van der Waals surface area contributed by atoms with E-state index in [2.05, 4.69) is 13.8 Å². The van der Waals surface area contributed by atoms with Crippen LogP contribution in [-0.2, 0) is 4.79 Å². The maximum Gasteiger partial charge on any atom is 0.229 e. The van der Waals surface area contributed by atoms with Crippen molar-refractivity contribution >= 4 is 41.5 Å². The zero-order valence-corrected chi connectivity index (χ0v) is 15.4. The van der Waals surface area contributed by atoms with Crippen LogP contribution in [-0.4, -0.2) is 29.9 Å². The summed E-state index contributed by atoms with van der Waals surface area (Å²) in [6.45, 7) is 7.54. The summed E-state index contributed by atoms with van der Waals surface area (Å²) in [5.41, 5.74) is 6.97. The first-order chi connectivity index (χ1) is 9.72. The van der Waals surface area contributed by atoms with Gasteiger partial charge in [0, 0.05) is 19.1 Å². The van der Waals surface area contributed by atoms with Crippen molar-refractivity contribution in [2.24, 2.45) is 11.1 Å². The van der Waals surface area contributed by atoms with Crippen LogP contribution in [0.25, 0.3) is 0 Å². The second kappa shape index (κ2) is 7.39. The SMILES string of the molecule is CC(C(=O)N1CCC(N)C(C)(C)C1)c1ccc(Cl)c(Cl)c1.Cl. The second-order valence-electron chi connectivity index (χ2n) is 6.54. The molecule has 1 amide bonds. The molecule has 0 radical (unpaired) electrons. The Morgan fingerprint density at radius 2 is 2.00 bits per heavy atom.